The summed E-state index contributed by atoms with van der Waals surface area (Å²) in [7, 11) is -2.92. The van der Waals surface area contributed by atoms with Gasteiger partial charge in [-0.1, -0.05) is 0 Å². The van der Waals surface area contributed by atoms with Crippen molar-refractivity contribution in [3.8, 4) is 0 Å². The van der Waals surface area contributed by atoms with Crippen molar-refractivity contribution in [2.45, 2.75) is 12.3 Å². The van der Waals surface area contributed by atoms with Gasteiger partial charge in [-0.3, -0.25) is 0 Å². The van der Waals surface area contributed by atoms with E-state index in [9.17, 15) is 12.8 Å². The molecule has 1 aliphatic heterocycles. The van der Waals surface area contributed by atoms with Crippen molar-refractivity contribution in [2.24, 2.45) is 0 Å². The fourth-order valence-corrected chi connectivity index (χ4v) is 3.95. The molecule has 0 saturated carbocycles. The van der Waals surface area contributed by atoms with E-state index in [0.29, 0.717) is 23.3 Å². The number of nitrogens with one attached hydrogen (secondary N) is 1. The average Bonchev–Trinajstić information content (AvgIpc) is 2.80. The minimum atomic E-state index is -2.92. The molecule has 90 valence electrons. The summed E-state index contributed by atoms with van der Waals surface area (Å²) in [6.07, 6.45) is 0.588. The van der Waals surface area contributed by atoms with E-state index in [2.05, 4.69) is 9.97 Å². The third-order valence-electron chi connectivity index (χ3n) is 3.08. The lowest BCUT2D eigenvalue weighted by Crippen LogP contribution is -2.04. The van der Waals surface area contributed by atoms with E-state index in [0.717, 1.165) is 0 Å². The number of imidazole rings is 1. The number of H-pyrrole nitrogens is 1. The third-order valence-corrected chi connectivity index (χ3v) is 4.85. The summed E-state index contributed by atoms with van der Waals surface area (Å²) in [5, 5.41) is 0. The van der Waals surface area contributed by atoms with Gasteiger partial charge in [-0.05, 0) is 24.6 Å². The van der Waals surface area contributed by atoms with Crippen molar-refractivity contribution in [1.29, 1.82) is 0 Å². The van der Waals surface area contributed by atoms with E-state index in [1.54, 1.807) is 6.07 Å². The van der Waals surface area contributed by atoms with Gasteiger partial charge in [-0.2, -0.15) is 0 Å². The molecule has 2 aromatic rings. The molecule has 0 radical (unpaired) electrons. The van der Waals surface area contributed by atoms with E-state index >= 15 is 0 Å². The van der Waals surface area contributed by atoms with Crippen LogP contribution in [0.25, 0.3) is 11.0 Å². The van der Waals surface area contributed by atoms with Crippen LogP contribution in [0.3, 0.4) is 0 Å². The number of aromatic amines is 1. The number of hydrogen-bond donors (Lipinski definition) is 1. The summed E-state index contributed by atoms with van der Waals surface area (Å²) in [6.45, 7) is 0. The summed E-state index contributed by atoms with van der Waals surface area (Å²) in [6, 6.07) is 4.31. The molecular formula is C11H11FN2O2S. The van der Waals surface area contributed by atoms with Crippen LogP contribution in [-0.4, -0.2) is 29.9 Å². The van der Waals surface area contributed by atoms with Gasteiger partial charge in [0.05, 0.1) is 22.5 Å². The number of benzene rings is 1. The zero-order valence-electron chi connectivity index (χ0n) is 8.98. The second-order valence-electron chi connectivity index (χ2n) is 4.38. The molecule has 6 heteroatoms. The Kier molecular flexibility index (Phi) is 2.22. The number of hydrogen-bond acceptors (Lipinski definition) is 3. The molecule has 1 aromatic heterocycles. The van der Waals surface area contributed by atoms with E-state index < -0.39 is 9.84 Å². The van der Waals surface area contributed by atoms with Crippen molar-refractivity contribution >= 4 is 20.9 Å². The first kappa shape index (κ1) is 10.7. The SMILES string of the molecule is O=S1(=O)CCC(c2nc3ccc(F)cc3[nH]2)C1. The van der Waals surface area contributed by atoms with Crippen LogP contribution in [0.4, 0.5) is 4.39 Å². The summed E-state index contributed by atoms with van der Waals surface area (Å²) in [4.78, 5) is 7.32. The van der Waals surface area contributed by atoms with Crippen LogP contribution >= 0.6 is 0 Å². The maximum absolute atomic E-state index is 13.0. The van der Waals surface area contributed by atoms with Gasteiger partial charge in [-0.15, -0.1) is 0 Å². The van der Waals surface area contributed by atoms with Crippen molar-refractivity contribution in [1.82, 2.24) is 9.97 Å². The van der Waals surface area contributed by atoms with E-state index in [1.165, 1.54) is 12.1 Å². The normalized spacial score (nSPS) is 23.2. The molecule has 1 aliphatic rings. The molecule has 1 fully saturated rings. The molecule has 0 spiro atoms. The van der Waals surface area contributed by atoms with Crippen molar-refractivity contribution in [3.63, 3.8) is 0 Å². The highest BCUT2D eigenvalue weighted by molar-refractivity contribution is 7.91. The topological polar surface area (TPSA) is 62.8 Å². The minimum Gasteiger partial charge on any atom is -0.342 e. The molecular weight excluding hydrogens is 243 g/mol. The largest absolute Gasteiger partial charge is 0.342 e. The van der Waals surface area contributed by atoms with Crippen LogP contribution in [0, 0.1) is 5.82 Å². The van der Waals surface area contributed by atoms with Crippen molar-refractivity contribution in [2.75, 3.05) is 11.5 Å². The Morgan fingerprint density at radius 3 is 2.94 bits per heavy atom. The highest BCUT2D eigenvalue weighted by Crippen LogP contribution is 2.28. The Balaban J connectivity index is 2.02. The molecule has 1 aromatic carbocycles. The summed E-state index contributed by atoms with van der Waals surface area (Å²) < 4.78 is 35.8. The molecule has 0 amide bonds. The Hall–Kier alpha value is -1.43. The van der Waals surface area contributed by atoms with Crippen LogP contribution in [0.15, 0.2) is 18.2 Å². The molecule has 1 saturated heterocycles. The molecule has 1 N–H and O–H groups in total. The highest BCUT2D eigenvalue weighted by atomic mass is 32.2. The lowest BCUT2D eigenvalue weighted by atomic mass is 10.1. The highest BCUT2D eigenvalue weighted by Gasteiger charge is 2.30. The molecule has 3 rings (SSSR count). The van der Waals surface area contributed by atoms with Crippen LogP contribution in [0.2, 0.25) is 0 Å². The van der Waals surface area contributed by atoms with E-state index in [-0.39, 0.29) is 23.2 Å². The lowest BCUT2D eigenvalue weighted by Gasteiger charge is -2.01. The molecule has 2 heterocycles. The second kappa shape index (κ2) is 3.53. The minimum absolute atomic E-state index is 0.0875. The Bertz CT molecular complexity index is 678. The lowest BCUT2D eigenvalue weighted by molar-refractivity contribution is 0.601. The zero-order chi connectivity index (χ0) is 12.0. The summed E-state index contributed by atoms with van der Waals surface area (Å²) >= 11 is 0. The molecule has 0 aliphatic carbocycles. The first-order valence-corrected chi connectivity index (χ1v) is 7.21. The van der Waals surface area contributed by atoms with Gasteiger partial charge >= 0.3 is 0 Å². The fourth-order valence-electron chi connectivity index (χ4n) is 2.21. The van der Waals surface area contributed by atoms with Crippen LogP contribution in [-0.2, 0) is 9.84 Å². The predicted octanol–water partition coefficient (Wildman–Crippen LogP) is 1.60. The van der Waals surface area contributed by atoms with Crippen LogP contribution in [0.1, 0.15) is 18.2 Å². The number of nitrogens with zero attached hydrogens (tertiary/aromatic N) is 1. The van der Waals surface area contributed by atoms with Gasteiger partial charge in [0, 0.05) is 5.92 Å². The van der Waals surface area contributed by atoms with Crippen LogP contribution in [0.5, 0.6) is 0 Å². The third kappa shape index (κ3) is 1.93. The smallest absolute Gasteiger partial charge is 0.151 e. The molecule has 1 atom stereocenters. The Morgan fingerprint density at radius 2 is 2.24 bits per heavy atom. The first-order chi connectivity index (χ1) is 8.03. The number of rotatable bonds is 1. The Labute approximate surface area is 97.8 Å². The monoisotopic (exact) mass is 254 g/mol. The van der Waals surface area contributed by atoms with Crippen molar-refractivity contribution in [3.05, 3.63) is 29.8 Å². The maximum Gasteiger partial charge on any atom is 0.151 e. The maximum atomic E-state index is 13.0. The molecule has 4 nitrogen and oxygen atoms in total. The fraction of sp³-hybridized carbons (Fsp3) is 0.364. The molecule has 1 unspecified atom stereocenters. The predicted molar refractivity (Wildman–Crippen MR) is 62.1 cm³/mol. The van der Waals surface area contributed by atoms with Gasteiger partial charge in [0.25, 0.3) is 0 Å². The molecule has 17 heavy (non-hydrogen) atoms. The number of aromatic nitrogens is 2. The quantitative estimate of drug-likeness (QED) is 0.840. The standard InChI is InChI=1S/C11H11FN2O2S/c12-8-1-2-9-10(5-8)14-11(13-9)7-3-4-17(15,16)6-7/h1-2,5,7H,3-4,6H2,(H,13,14). The van der Waals surface area contributed by atoms with Gasteiger partial charge in [0.15, 0.2) is 9.84 Å². The van der Waals surface area contributed by atoms with Gasteiger partial charge in [-0.25, -0.2) is 17.8 Å². The summed E-state index contributed by atoms with van der Waals surface area (Å²) in [5.74, 6) is 0.576. The number of fused-ring (bicyclic) bond motifs is 1. The Morgan fingerprint density at radius 1 is 1.41 bits per heavy atom. The van der Waals surface area contributed by atoms with Gasteiger partial charge in [0.1, 0.15) is 11.6 Å². The first-order valence-electron chi connectivity index (χ1n) is 5.39. The van der Waals surface area contributed by atoms with Gasteiger partial charge < -0.3 is 4.98 Å². The zero-order valence-corrected chi connectivity index (χ0v) is 9.80. The van der Waals surface area contributed by atoms with E-state index in [4.69, 9.17) is 0 Å². The molecule has 0 bridgehead atoms. The number of halogens is 1. The second-order valence-corrected chi connectivity index (χ2v) is 6.61. The van der Waals surface area contributed by atoms with E-state index in [1.807, 2.05) is 0 Å². The summed E-state index contributed by atoms with van der Waals surface area (Å²) in [5.41, 5.74) is 1.29. The van der Waals surface area contributed by atoms with Crippen molar-refractivity contribution < 1.29 is 12.8 Å². The van der Waals surface area contributed by atoms with Gasteiger partial charge in [0.2, 0.25) is 0 Å². The number of sulfone groups is 1. The van der Waals surface area contributed by atoms with Crippen LogP contribution < -0.4 is 0 Å². The average molecular weight is 254 g/mol.